The Bertz CT molecular complexity index is 1060. The SMILES string of the molecule is Cc1ccc(CCNC(=O)c2ccc(N3CCOCC3)c(S(=O)(=O)N3CCOCC3)c2)cc1. The maximum Gasteiger partial charge on any atom is 0.251 e. The van der Waals surface area contributed by atoms with Crippen LogP contribution in [0.2, 0.25) is 0 Å². The molecular formula is C24H31N3O5S. The number of benzene rings is 2. The van der Waals surface area contributed by atoms with Crippen molar-refractivity contribution in [1.82, 2.24) is 9.62 Å². The lowest BCUT2D eigenvalue weighted by Gasteiger charge is -2.32. The first-order valence-corrected chi connectivity index (χ1v) is 12.8. The number of hydrogen-bond donors (Lipinski definition) is 1. The summed E-state index contributed by atoms with van der Waals surface area (Å²) in [6, 6.07) is 13.1. The summed E-state index contributed by atoms with van der Waals surface area (Å²) < 4.78 is 39.3. The summed E-state index contributed by atoms with van der Waals surface area (Å²) in [7, 11) is -3.77. The lowest BCUT2D eigenvalue weighted by molar-refractivity contribution is 0.0730. The van der Waals surface area contributed by atoms with Crippen molar-refractivity contribution >= 4 is 21.6 Å². The van der Waals surface area contributed by atoms with E-state index in [0.717, 1.165) is 5.56 Å². The highest BCUT2D eigenvalue weighted by molar-refractivity contribution is 7.89. The number of hydrogen-bond acceptors (Lipinski definition) is 6. The largest absolute Gasteiger partial charge is 0.379 e. The van der Waals surface area contributed by atoms with Crippen molar-refractivity contribution < 1.29 is 22.7 Å². The van der Waals surface area contributed by atoms with E-state index < -0.39 is 10.0 Å². The van der Waals surface area contributed by atoms with Crippen molar-refractivity contribution in [3.63, 3.8) is 0 Å². The van der Waals surface area contributed by atoms with Crippen LogP contribution in [0.4, 0.5) is 5.69 Å². The summed E-state index contributed by atoms with van der Waals surface area (Å²) in [5.74, 6) is -0.283. The first kappa shape index (κ1) is 23.7. The molecule has 2 heterocycles. The van der Waals surface area contributed by atoms with Crippen LogP contribution in [0.15, 0.2) is 47.4 Å². The van der Waals surface area contributed by atoms with E-state index in [4.69, 9.17) is 9.47 Å². The molecule has 2 aromatic carbocycles. The summed E-state index contributed by atoms with van der Waals surface area (Å²) in [6.07, 6.45) is 0.705. The Morgan fingerprint density at radius 2 is 1.58 bits per heavy atom. The van der Waals surface area contributed by atoms with Gasteiger partial charge in [0.1, 0.15) is 4.90 Å². The Hall–Kier alpha value is -2.46. The first-order chi connectivity index (χ1) is 15.9. The molecule has 1 amide bonds. The van der Waals surface area contributed by atoms with Crippen molar-refractivity contribution in [2.45, 2.75) is 18.2 Å². The van der Waals surface area contributed by atoms with E-state index in [9.17, 15) is 13.2 Å². The molecule has 0 radical (unpaired) electrons. The number of sulfonamides is 1. The van der Waals surface area contributed by atoms with Gasteiger partial charge in [-0.25, -0.2) is 8.42 Å². The quantitative estimate of drug-likeness (QED) is 0.660. The highest BCUT2D eigenvalue weighted by Crippen LogP contribution is 2.30. The number of nitrogens with zero attached hydrogens (tertiary/aromatic N) is 2. The van der Waals surface area contributed by atoms with Gasteiger partial charge in [0, 0.05) is 38.3 Å². The van der Waals surface area contributed by atoms with Crippen LogP contribution in [0.5, 0.6) is 0 Å². The van der Waals surface area contributed by atoms with Crippen LogP contribution >= 0.6 is 0 Å². The molecular weight excluding hydrogens is 442 g/mol. The van der Waals surface area contributed by atoms with Gasteiger partial charge in [-0.15, -0.1) is 0 Å². The van der Waals surface area contributed by atoms with Gasteiger partial charge in [0.15, 0.2) is 0 Å². The number of rotatable bonds is 7. The molecule has 0 spiro atoms. The molecule has 2 aromatic rings. The van der Waals surface area contributed by atoms with E-state index in [1.807, 2.05) is 36.1 Å². The van der Waals surface area contributed by atoms with Crippen molar-refractivity contribution in [3.05, 3.63) is 59.2 Å². The molecule has 0 unspecified atom stereocenters. The molecule has 2 aliphatic heterocycles. The van der Waals surface area contributed by atoms with E-state index in [1.165, 1.54) is 15.9 Å². The maximum absolute atomic E-state index is 13.5. The Labute approximate surface area is 195 Å². The Morgan fingerprint density at radius 1 is 0.939 bits per heavy atom. The molecule has 0 saturated carbocycles. The molecule has 2 aliphatic rings. The lowest BCUT2D eigenvalue weighted by atomic mass is 10.1. The van der Waals surface area contributed by atoms with Crippen molar-refractivity contribution in [2.75, 3.05) is 64.1 Å². The fourth-order valence-corrected chi connectivity index (χ4v) is 5.68. The molecule has 0 aromatic heterocycles. The first-order valence-electron chi connectivity index (χ1n) is 11.3. The smallest absolute Gasteiger partial charge is 0.251 e. The fraction of sp³-hybridized carbons (Fsp3) is 0.458. The highest BCUT2D eigenvalue weighted by atomic mass is 32.2. The number of amides is 1. The average Bonchev–Trinajstić information content (AvgIpc) is 2.86. The lowest BCUT2D eigenvalue weighted by Crippen LogP contribution is -2.42. The van der Waals surface area contributed by atoms with Crippen molar-refractivity contribution in [3.8, 4) is 0 Å². The zero-order chi connectivity index (χ0) is 23.3. The molecule has 2 fully saturated rings. The van der Waals surface area contributed by atoms with Crippen molar-refractivity contribution in [2.24, 2.45) is 0 Å². The van der Waals surface area contributed by atoms with Gasteiger partial charge < -0.3 is 19.7 Å². The van der Waals surface area contributed by atoms with Crippen LogP contribution in [0.25, 0.3) is 0 Å². The third kappa shape index (κ3) is 5.73. The summed E-state index contributed by atoms with van der Waals surface area (Å²) in [5.41, 5.74) is 3.28. The zero-order valence-electron chi connectivity index (χ0n) is 19.0. The van der Waals surface area contributed by atoms with Crippen molar-refractivity contribution in [1.29, 1.82) is 0 Å². The van der Waals surface area contributed by atoms with Crippen LogP contribution in [-0.4, -0.2) is 77.8 Å². The van der Waals surface area contributed by atoms with Gasteiger partial charge in [-0.2, -0.15) is 4.31 Å². The van der Waals surface area contributed by atoms with Gasteiger partial charge in [-0.3, -0.25) is 4.79 Å². The van der Waals surface area contributed by atoms with Crippen LogP contribution in [0, 0.1) is 6.92 Å². The predicted octanol–water partition coefficient (Wildman–Crippen LogP) is 1.83. The topological polar surface area (TPSA) is 88.2 Å². The minimum atomic E-state index is -3.77. The van der Waals surface area contributed by atoms with Crippen LogP contribution in [0.3, 0.4) is 0 Å². The fourth-order valence-electron chi connectivity index (χ4n) is 4.03. The van der Waals surface area contributed by atoms with Crippen LogP contribution < -0.4 is 10.2 Å². The van der Waals surface area contributed by atoms with E-state index in [0.29, 0.717) is 76.8 Å². The van der Waals surface area contributed by atoms with E-state index >= 15 is 0 Å². The second-order valence-corrected chi connectivity index (χ2v) is 10.2. The highest BCUT2D eigenvalue weighted by Gasteiger charge is 2.31. The Kier molecular flexibility index (Phi) is 7.64. The number of morpholine rings is 2. The molecule has 9 heteroatoms. The summed E-state index contributed by atoms with van der Waals surface area (Å²) in [5, 5.41) is 2.92. The van der Waals surface area contributed by atoms with Crippen LogP contribution in [-0.2, 0) is 25.9 Å². The number of anilines is 1. The zero-order valence-corrected chi connectivity index (χ0v) is 19.8. The molecule has 4 rings (SSSR count). The predicted molar refractivity (Wildman–Crippen MR) is 126 cm³/mol. The summed E-state index contributed by atoms with van der Waals surface area (Å²) >= 11 is 0. The minimum absolute atomic E-state index is 0.164. The second-order valence-electron chi connectivity index (χ2n) is 8.29. The number of aryl methyl sites for hydroxylation is 1. The molecule has 0 atom stereocenters. The molecule has 0 bridgehead atoms. The second kappa shape index (κ2) is 10.6. The maximum atomic E-state index is 13.5. The Balaban J connectivity index is 1.55. The van der Waals surface area contributed by atoms with Crippen LogP contribution in [0.1, 0.15) is 21.5 Å². The number of carbonyl (C=O) groups is 1. The average molecular weight is 474 g/mol. The molecule has 178 valence electrons. The third-order valence-corrected chi connectivity index (χ3v) is 7.91. The Morgan fingerprint density at radius 3 is 2.24 bits per heavy atom. The molecule has 1 N–H and O–H groups in total. The number of nitrogens with one attached hydrogen (secondary N) is 1. The van der Waals surface area contributed by atoms with Gasteiger partial charge in [0.25, 0.3) is 5.91 Å². The van der Waals surface area contributed by atoms with E-state index in [-0.39, 0.29) is 10.8 Å². The van der Waals surface area contributed by atoms with Gasteiger partial charge in [0.05, 0.1) is 32.1 Å². The molecule has 2 saturated heterocycles. The number of carbonyl (C=O) groups excluding carboxylic acids is 1. The third-order valence-electron chi connectivity index (χ3n) is 5.98. The molecule has 0 aliphatic carbocycles. The molecule has 33 heavy (non-hydrogen) atoms. The van der Waals surface area contributed by atoms with E-state index in [1.54, 1.807) is 12.1 Å². The van der Waals surface area contributed by atoms with Gasteiger partial charge in [-0.1, -0.05) is 29.8 Å². The normalized spacial score (nSPS) is 17.7. The summed E-state index contributed by atoms with van der Waals surface area (Å²) in [6.45, 7) is 6.14. The standard InChI is InChI=1S/C24H31N3O5S/c1-19-2-4-20(5-3-19)8-9-25-24(28)21-6-7-22(26-10-14-31-15-11-26)23(18-21)33(29,30)27-12-16-32-17-13-27/h2-7,18H,8-17H2,1H3,(H,25,28). The van der Waals surface area contributed by atoms with E-state index in [2.05, 4.69) is 5.32 Å². The van der Waals surface area contributed by atoms with Gasteiger partial charge in [0.2, 0.25) is 10.0 Å². The minimum Gasteiger partial charge on any atom is -0.379 e. The van der Waals surface area contributed by atoms with Gasteiger partial charge >= 0.3 is 0 Å². The van der Waals surface area contributed by atoms with Gasteiger partial charge in [-0.05, 0) is 37.1 Å². The monoisotopic (exact) mass is 473 g/mol. The molecule has 8 nitrogen and oxygen atoms in total. The number of ether oxygens (including phenoxy) is 2. The summed E-state index contributed by atoms with van der Waals surface area (Å²) in [4.78, 5) is 15.0.